The molecule has 0 fully saturated rings. The van der Waals surface area contributed by atoms with Crippen LogP contribution in [0.5, 0.6) is 0 Å². The zero-order valence-electron chi connectivity index (χ0n) is 38.1. The van der Waals surface area contributed by atoms with Crippen LogP contribution in [-0.4, -0.2) is 11.8 Å². The Kier molecular flexibility index (Phi) is 9.09. The van der Waals surface area contributed by atoms with E-state index in [0.717, 1.165) is 35.7 Å². The van der Waals surface area contributed by atoms with E-state index in [4.69, 9.17) is 0 Å². The van der Waals surface area contributed by atoms with Crippen LogP contribution in [0.4, 0.5) is 28.4 Å². The predicted molar refractivity (Wildman–Crippen MR) is 283 cm³/mol. The first-order valence-electron chi connectivity index (χ1n) is 23.2. The summed E-state index contributed by atoms with van der Waals surface area (Å²) in [7, 11) is 0.851. The summed E-state index contributed by atoms with van der Waals surface area (Å²) in [4.78, 5) is 2.38. The first kappa shape index (κ1) is 39.8. The molecular formula is C60H52BN3S. The Labute approximate surface area is 387 Å². The highest BCUT2D eigenvalue weighted by Crippen LogP contribution is 2.50. The highest BCUT2D eigenvalue weighted by Gasteiger charge is 2.39. The molecule has 10 aromatic rings. The third-order valence-electron chi connectivity index (χ3n) is 14.6. The van der Waals surface area contributed by atoms with Crippen molar-refractivity contribution in [1.29, 1.82) is 0 Å². The SMILES string of the molecule is Cc1ccc(Nc2ccc(N(c3ccccc3)c3ccccc3)cc2-c2cc(C)c3c4cc5c(cc4n4c3c2Bc2sc3ccc(-c6ccccc6)cc3c2-4)C(C)(C)CCC5(C)C)cc1. The number of hydrogen-bond donors (Lipinski definition) is 1. The minimum Gasteiger partial charge on any atom is -0.355 e. The van der Waals surface area contributed by atoms with Gasteiger partial charge in [0, 0.05) is 60.4 Å². The molecule has 0 atom stereocenters. The van der Waals surface area contributed by atoms with Crippen molar-refractivity contribution in [3.8, 4) is 27.9 Å². The van der Waals surface area contributed by atoms with E-state index in [1.54, 1.807) is 0 Å². The number of aryl methyl sites for hydroxylation is 2. The van der Waals surface area contributed by atoms with E-state index < -0.39 is 0 Å². The van der Waals surface area contributed by atoms with E-state index in [-0.39, 0.29) is 10.8 Å². The third kappa shape index (κ3) is 6.46. The number of nitrogens with one attached hydrogen (secondary N) is 1. The highest BCUT2D eigenvalue weighted by atomic mass is 32.1. The molecule has 0 saturated heterocycles. The Morgan fingerprint density at radius 3 is 1.91 bits per heavy atom. The number of rotatable bonds is 7. The molecule has 1 aliphatic carbocycles. The zero-order chi connectivity index (χ0) is 44.2. The fraction of sp³-hybridized carbons (Fsp3) is 0.167. The summed E-state index contributed by atoms with van der Waals surface area (Å²) in [6.45, 7) is 14.3. The molecule has 12 rings (SSSR count). The molecule has 0 amide bonds. The van der Waals surface area contributed by atoms with Gasteiger partial charge in [-0.3, -0.25) is 0 Å². The van der Waals surface area contributed by atoms with E-state index in [9.17, 15) is 0 Å². The maximum absolute atomic E-state index is 3.92. The molecule has 3 nitrogen and oxygen atoms in total. The van der Waals surface area contributed by atoms with Crippen molar-refractivity contribution in [2.75, 3.05) is 10.2 Å². The Balaban J connectivity index is 1.17. The summed E-state index contributed by atoms with van der Waals surface area (Å²) in [6.07, 6.45) is 2.36. The Morgan fingerprint density at radius 2 is 1.23 bits per heavy atom. The summed E-state index contributed by atoms with van der Waals surface area (Å²) in [5, 5.41) is 8.00. The van der Waals surface area contributed by atoms with Crippen LogP contribution in [0.25, 0.3) is 59.8 Å². The monoisotopic (exact) mass is 857 g/mol. The minimum absolute atomic E-state index is 0.0773. The highest BCUT2D eigenvalue weighted by molar-refractivity contribution is 7.29. The lowest BCUT2D eigenvalue weighted by Crippen LogP contribution is -2.35. The van der Waals surface area contributed by atoms with Crippen molar-refractivity contribution in [2.24, 2.45) is 0 Å². The number of aromatic nitrogens is 1. The van der Waals surface area contributed by atoms with E-state index in [0.29, 0.717) is 0 Å². The summed E-state index contributed by atoms with van der Waals surface area (Å²) in [6, 6.07) is 63.0. The second-order valence-electron chi connectivity index (χ2n) is 19.8. The largest absolute Gasteiger partial charge is 0.355 e. The minimum atomic E-state index is 0.0773. The van der Waals surface area contributed by atoms with Gasteiger partial charge in [-0.1, -0.05) is 124 Å². The van der Waals surface area contributed by atoms with Crippen LogP contribution < -0.4 is 20.5 Å². The van der Waals surface area contributed by atoms with Gasteiger partial charge in [-0.05, 0) is 160 Å². The molecule has 2 aliphatic rings. The van der Waals surface area contributed by atoms with Crippen LogP contribution in [-0.2, 0) is 10.8 Å². The number of para-hydroxylation sites is 2. The fourth-order valence-electron chi connectivity index (χ4n) is 11.1. The summed E-state index contributed by atoms with van der Waals surface area (Å²) in [5.41, 5.74) is 21.6. The quantitative estimate of drug-likeness (QED) is 0.161. The second-order valence-corrected chi connectivity index (χ2v) is 21.0. The van der Waals surface area contributed by atoms with E-state index in [2.05, 4.69) is 226 Å². The van der Waals surface area contributed by atoms with E-state index in [1.165, 1.54) is 105 Å². The maximum atomic E-state index is 3.92. The molecule has 0 bridgehead atoms. The molecule has 1 aliphatic heterocycles. The molecule has 0 radical (unpaired) electrons. The van der Waals surface area contributed by atoms with Gasteiger partial charge in [0.2, 0.25) is 7.28 Å². The van der Waals surface area contributed by atoms with Gasteiger partial charge in [-0.2, -0.15) is 0 Å². The lowest BCUT2D eigenvalue weighted by atomic mass is 9.62. The number of fused-ring (bicyclic) bond motifs is 8. The number of nitrogens with zero attached hydrogens (tertiary/aromatic N) is 2. The lowest BCUT2D eigenvalue weighted by Gasteiger charge is -2.42. The first-order valence-corrected chi connectivity index (χ1v) is 24.0. The number of anilines is 5. The van der Waals surface area contributed by atoms with Crippen LogP contribution in [0.2, 0.25) is 0 Å². The van der Waals surface area contributed by atoms with Gasteiger partial charge in [0.25, 0.3) is 0 Å². The van der Waals surface area contributed by atoms with Gasteiger partial charge in [0.15, 0.2) is 0 Å². The van der Waals surface area contributed by atoms with Crippen molar-refractivity contribution in [3.63, 3.8) is 0 Å². The van der Waals surface area contributed by atoms with Crippen LogP contribution in [0.15, 0.2) is 170 Å². The average Bonchev–Trinajstić information content (AvgIpc) is 3.86. The summed E-state index contributed by atoms with van der Waals surface area (Å²) < 4.78 is 5.46. The van der Waals surface area contributed by atoms with Crippen LogP contribution in [0, 0.1) is 13.8 Å². The molecule has 8 aromatic carbocycles. The molecular weight excluding hydrogens is 806 g/mol. The molecule has 316 valence electrons. The first-order chi connectivity index (χ1) is 31.5. The van der Waals surface area contributed by atoms with Crippen LogP contribution in [0.3, 0.4) is 0 Å². The summed E-state index contributed by atoms with van der Waals surface area (Å²) >= 11 is 1.97. The maximum Gasteiger partial charge on any atom is 0.211 e. The fourth-order valence-corrected chi connectivity index (χ4v) is 12.2. The van der Waals surface area contributed by atoms with Gasteiger partial charge in [0.05, 0.1) is 11.2 Å². The molecule has 3 heterocycles. The third-order valence-corrected chi connectivity index (χ3v) is 15.8. The predicted octanol–water partition coefficient (Wildman–Crippen LogP) is 15.2. The lowest BCUT2D eigenvalue weighted by molar-refractivity contribution is 0.332. The molecule has 0 saturated carbocycles. The van der Waals surface area contributed by atoms with Gasteiger partial charge >= 0.3 is 0 Å². The van der Waals surface area contributed by atoms with Gasteiger partial charge in [0.1, 0.15) is 0 Å². The van der Waals surface area contributed by atoms with E-state index >= 15 is 0 Å². The zero-order valence-corrected chi connectivity index (χ0v) is 38.9. The number of benzene rings is 8. The molecule has 2 aromatic heterocycles. The van der Waals surface area contributed by atoms with Crippen molar-refractivity contribution in [2.45, 2.75) is 65.2 Å². The summed E-state index contributed by atoms with van der Waals surface area (Å²) in [5.74, 6) is 0. The van der Waals surface area contributed by atoms with Crippen molar-refractivity contribution in [3.05, 3.63) is 192 Å². The number of thiophene rings is 1. The molecule has 1 N–H and O–H groups in total. The number of hydrogen-bond acceptors (Lipinski definition) is 3. The van der Waals surface area contributed by atoms with Gasteiger partial charge in [-0.25, -0.2) is 0 Å². The second kappa shape index (κ2) is 14.9. The Hall–Kier alpha value is -6.82. The molecule has 65 heavy (non-hydrogen) atoms. The van der Waals surface area contributed by atoms with E-state index in [1.807, 2.05) is 11.3 Å². The van der Waals surface area contributed by atoms with Crippen molar-refractivity contribution in [1.82, 2.24) is 4.57 Å². The average molecular weight is 858 g/mol. The topological polar surface area (TPSA) is 20.2 Å². The smallest absolute Gasteiger partial charge is 0.211 e. The molecule has 5 heteroatoms. The van der Waals surface area contributed by atoms with Crippen LogP contribution >= 0.6 is 11.3 Å². The van der Waals surface area contributed by atoms with Crippen molar-refractivity contribution < 1.29 is 0 Å². The van der Waals surface area contributed by atoms with Crippen LogP contribution in [0.1, 0.15) is 62.8 Å². The van der Waals surface area contributed by atoms with Gasteiger partial charge < -0.3 is 14.8 Å². The van der Waals surface area contributed by atoms with Gasteiger partial charge in [-0.15, -0.1) is 11.3 Å². The Bertz CT molecular complexity index is 3450. The normalized spacial score (nSPS) is 14.6. The molecule has 0 spiro atoms. The standard InChI is InChI=1S/C60H52BN3S/c1-37-22-25-41(26-23-37)62-51-28-27-44(63(42-18-12-8-13-19-42)43-20-14-9-15-21-43)34-45(51)46-32-38(2)54-47-35-49-50(60(5,6)31-30-59(49,3)4)36-52(47)64-56-48-33-40(39-16-10-7-11-17-39)24-29-53(48)65-58(56)61-55(46)57(54)64/h7-29,32-36,61-62H,30-31H2,1-6H3. The molecule has 0 unspecified atom stereocenters. The Morgan fingerprint density at radius 1 is 0.585 bits per heavy atom. The van der Waals surface area contributed by atoms with Crippen molar-refractivity contribution >= 4 is 89.2 Å².